The van der Waals surface area contributed by atoms with Crippen molar-refractivity contribution in [2.24, 2.45) is 10.8 Å². The Morgan fingerprint density at radius 3 is 2.44 bits per heavy atom. The van der Waals surface area contributed by atoms with Crippen LogP contribution in [-0.4, -0.2) is 43.1 Å². The molecule has 1 unspecified atom stereocenters. The number of guanidine groups is 1. The number of hydrazine groups is 1. The molecular weight excluding hydrogens is 202 g/mol. The minimum Gasteiger partial charge on any atom is -0.353 e. The quantitative estimate of drug-likeness (QED) is 0.269. The summed E-state index contributed by atoms with van der Waals surface area (Å²) in [4.78, 5) is 6.67. The molecule has 0 saturated carbocycles. The summed E-state index contributed by atoms with van der Waals surface area (Å²) in [6, 6.07) is 0.935. The molecule has 5 heteroatoms. The van der Waals surface area contributed by atoms with Crippen LogP contribution < -0.4 is 16.6 Å². The molecule has 0 aromatic heterocycles. The van der Waals surface area contributed by atoms with Crippen LogP contribution in [0.25, 0.3) is 0 Å². The third kappa shape index (κ3) is 6.63. The summed E-state index contributed by atoms with van der Waals surface area (Å²) >= 11 is 0. The lowest BCUT2D eigenvalue weighted by molar-refractivity contribution is 0.259. The van der Waals surface area contributed by atoms with E-state index < -0.39 is 0 Å². The number of nitrogens with one attached hydrogen (secondary N) is 2. The number of hydrogen-bond acceptors (Lipinski definition) is 3. The van der Waals surface area contributed by atoms with Crippen LogP contribution in [0.15, 0.2) is 4.99 Å². The zero-order valence-electron chi connectivity index (χ0n) is 11.2. The highest BCUT2D eigenvalue weighted by molar-refractivity contribution is 5.79. The van der Waals surface area contributed by atoms with Crippen LogP contribution in [0.2, 0.25) is 0 Å². The first-order valence-corrected chi connectivity index (χ1v) is 5.99. The van der Waals surface area contributed by atoms with Crippen molar-refractivity contribution in [1.29, 1.82) is 0 Å². The Bertz CT molecular complexity index is 203. The maximum Gasteiger partial charge on any atom is 0.205 e. The summed E-state index contributed by atoms with van der Waals surface area (Å²) in [5.41, 5.74) is 2.57. The van der Waals surface area contributed by atoms with Gasteiger partial charge in [-0.1, -0.05) is 6.92 Å². The van der Waals surface area contributed by atoms with Gasteiger partial charge in [0.15, 0.2) is 0 Å². The van der Waals surface area contributed by atoms with E-state index in [1.807, 2.05) is 0 Å². The van der Waals surface area contributed by atoms with E-state index in [-0.39, 0.29) is 0 Å². The minimum absolute atomic E-state index is 0.335. The smallest absolute Gasteiger partial charge is 0.205 e. The number of nitrogens with zero attached hydrogens (tertiary/aromatic N) is 2. The fourth-order valence-corrected chi connectivity index (χ4v) is 1.26. The Labute approximate surface area is 99.5 Å². The lowest BCUT2D eigenvalue weighted by atomic mass is 10.2. The molecule has 0 radical (unpaired) electrons. The van der Waals surface area contributed by atoms with Gasteiger partial charge in [0.25, 0.3) is 0 Å². The maximum absolute atomic E-state index is 5.37. The van der Waals surface area contributed by atoms with Gasteiger partial charge in [-0.15, -0.1) is 0 Å². The first-order chi connectivity index (χ1) is 7.51. The molecular formula is C11H27N5. The first-order valence-electron chi connectivity index (χ1n) is 5.99. The largest absolute Gasteiger partial charge is 0.353 e. The number of rotatable bonds is 6. The molecule has 0 fully saturated rings. The lowest BCUT2D eigenvalue weighted by Gasteiger charge is -2.22. The average molecular weight is 229 g/mol. The van der Waals surface area contributed by atoms with E-state index in [0.717, 1.165) is 19.5 Å². The van der Waals surface area contributed by atoms with E-state index in [1.54, 1.807) is 0 Å². The molecule has 96 valence electrons. The number of nitrogens with two attached hydrogens (primary N) is 1. The van der Waals surface area contributed by atoms with Crippen LogP contribution in [0, 0.1) is 0 Å². The van der Waals surface area contributed by atoms with Crippen LogP contribution in [0.5, 0.6) is 0 Å². The standard InChI is InChI=1S/C11H27N5/c1-6-10(4)16(5)8-7-13-11(15-12)14-9(2)3/h9-10H,6-8,12H2,1-5H3,(H2,13,14,15). The van der Waals surface area contributed by atoms with Crippen molar-refractivity contribution in [2.45, 2.75) is 46.2 Å². The van der Waals surface area contributed by atoms with E-state index in [9.17, 15) is 0 Å². The summed E-state index contributed by atoms with van der Waals surface area (Å²) in [5, 5.41) is 3.14. The molecule has 0 heterocycles. The monoisotopic (exact) mass is 229 g/mol. The van der Waals surface area contributed by atoms with Gasteiger partial charge >= 0.3 is 0 Å². The Kier molecular flexibility index (Phi) is 7.93. The summed E-state index contributed by atoms with van der Waals surface area (Å²) in [6.07, 6.45) is 1.16. The van der Waals surface area contributed by atoms with E-state index in [4.69, 9.17) is 5.84 Å². The summed E-state index contributed by atoms with van der Waals surface area (Å²) < 4.78 is 0. The van der Waals surface area contributed by atoms with Crippen molar-refractivity contribution in [3.05, 3.63) is 0 Å². The summed E-state index contributed by atoms with van der Waals surface area (Å²) in [6.45, 7) is 10.2. The average Bonchev–Trinajstić information content (AvgIpc) is 2.25. The van der Waals surface area contributed by atoms with Crippen molar-refractivity contribution in [2.75, 3.05) is 20.1 Å². The highest BCUT2D eigenvalue weighted by Crippen LogP contribution is 1.98. The van der Waals surface area contributed by atoms with Crippen molar-refractivity contribution in [3.8, 4) is 0 Å². The highest BCUT2D eigenvalue weighted by Gasteiger charge is 2.05. The predicted molar refractivity (Wildman–Crippen MR) is 70.3 cm³/mol. The predicted octanol–water partition coefficient (Wildman–Crippen LogP) is 0.534. The molecule has 1 atom stereocenters. The third-order valence-electron chi connectivity index (χ3n) is 2.63. The molecule has 5 nitrogen and oxygen atoms in total. The van der Waals surface area contributed by atoms with Crippen molar-refractivity contribution < 1.29 is 0 Å². The molecule has 0 spiro atoms. The molecule has 0 aromatic rings. The van der Waals surface area contributed by atoms with Gasteiger partial charge in [-0.2, -0.15) is 0 Å². The van der Waals surface area contributed by atoms with Gasteiger partial charge in [-0.25, -0.2) is 5.84 Å². The summed E-state index contributed by atoms with van der Waals surface area (Å²) in [5.74, 6) is 6.03. The van der Waals surface area contributed by atoms with Crippen LogP contribution in [0.3, 0.4) is 0 Å². The molecule has 0 amide bonds. The van der Waals surface area contributed by atoms with Crippen molar-refractivity contribution in [1.82, 2.24) is 15.6 Å². The van der Waals surface area contributed by atoms with E-state index in [1.165, 1.54) is 0 Å². The highest BCUT2D eigenvalue weighted by atomic mass is 15.3. The fourth-order valence-electron chi connectivity index (χ4n) is 1.26. The molecule has 0 bridgehead atoms. The number of hydrogen-bond donors (Lipinski definition) is 3. The molecule has 0 aliphatic rings. The topological polar surface area (TPSA) is 65.7 Å². The van der Waals surface area contributed by atoms with Crippen molar-refractivity contribution >= 4 is 5.96 Å². The van der Waals surface area contributed by atoms with Gasteiger partial charge in [0, 0.05) is 18.6 Å². The molecule has 0 aliphatic carbocycles. The summed E-state index contributed by atoms with van der Waals surface area (Å²) in [7, 11) is 2.12. The lowest BCUT2D eigenvalue weighted by Crippen LogP contribution is -2.45. The molecule has 0 saturated heterocycles. The van der Waals surface area contributed by atoms with E-state index >= 15 is 0 Å². The second-order valence-electron chi connectivity index (χ2n) is 4.41. The third-order valence-corrected chi connectivity index (χ3v) is 2.63. The van der Waals surface area contributed by atoms with E-state index in [0.29, 0.717) is 18.0 Å². The van der Waals surface area contributed by atoms with Gasteiger partial charge < -0.3 is 10.2 Å². The fraction of sp³-hybridized carbons (Fsp3) is 0.909. The zero-order valence-corrected chi connectivity index (χ0v) is 11.2. The molecule has 4 N–H and O–H groups in total. The molecule has 0 rings (SSSR count). The molecule has 0 aromatic carbocycles. The maximum atomic E-state index is 5.37. The van der Waals surface area contributed by atoms with Crippen LogP contribution >= 0.6 is 0 Å². The molecule has 16 heavy (non-hydrogen) atoms. The Hall–Kier alpha value is -0.810. The number of aliphatic imine (C=N–C) groups is 1. The Morgan fingerprint density at radius 1 is 1.38 bits per heavy atom. The Balaban J connectivity index is 3.95. The van der Waals surface area contributed by atoms with Gasteiger partial charge in [0.05, 0.1) is 6.54 Å². The zero-order chi connectivity index (χ0) is 12.6. The number of likely N-dealkylation sites (N-methyl/N-ethyl adjacent to an activating group) is 1. The van der Waals surface area contributed by atoms with Crippen LogP contribution in [0.1, 0.15) is 34.1 Å². The van der Waals surface area contributed by atoms with E-state index in [2.05, 4.69) is 55.4 Å². The van der Waals surface area contributed by atoms with Crippen LogP contribution in [-0.2, 0) is 0 Å². The van der Waals surface area contributed by atoms with Crippen LogP contribution in [0.4, 0.5) is 0 Å². The second-order valence-corrected chi connectivity index (χ2v) is 4.41. The minimum atomic E-state index is 0.335. The molecule has 0 aliphatic heterocycles. The normalized spacial score (nSPS) is 14.4. The van der Waals surface area contributed by atoms with Gasteiger partial charge in [0.2, 0.25) is 5.96 Å². The van der Waals surface area contributed by atoms with Gasteiger partial charge in [-0.05, 0) is 34.2 Å². The second kappa shape index (κ2) is 8.35. The SMILES string of the molecule is CCC(C)N(C)CCN=C(NN)NC(C)C. The first kappa shape index (κ1) is 15.2. The Morgan fingerprint density at radius 2 is 2.00 bits per heavy atom. The van der Waals surface area contributed by atoms with Gasteiger partial charge in [0.1, 0.15) is 0 Å². The van der Waals surface area contributed by atoms with Gasteiger partial charge in [-0.3, -0.25) is 10.4 Å². The van der Waals surface area contributed by atoms with Crippen molar-refractivity contribution in [3.63, 3.8) is 0 Å².